The second-order valence-corrected chi connectivity index (χ2v) is 4.45. The monoisotopic (exact) mass is 217 g/mol. The molecule has 1 heterocycles. The molecule has 1 aromatic rings. The van der Waals surface area contributed by atoms with Gasteiger partial charge in [0.15, 0.2) is 0 Å². The number of hydrogen-bond acceptors (Lipinski definition) is 1. The van der Waals surface area contributed by atoms with Gasteiger partial charge in [0.1, 0.15) is 0 Å². The highest BCUT2D eigenvalue weighted by Gasteiger charge is 2.19. The van der Waals surface area contributed by atoms with Crippen molar-refractivity contribution >= 4 is 0 Å². The quantitative estimate of drug-likeness (QED) is 0.756. The third-order valence-electron chi connectivity index (χ3n) is 3.39. The van der Waals surface area contributed by atoms with Crippen molar-refractivity contribution in [2.75, 3.05) is 19.6 Å². The molecule has 0 bridgehead atoms. The van der Waals surface area contributed by atoms with Crippen LogP contribution in [0.15, 0.2) is 30.3 Å². The van der Waals surface area contributed by atoms with Crippen LogP contribution in [-0.4, -0.2) is 30.6 Å². The Hall–Kier alpha value is -0.860. The molecule has 2 heteroatoms. The number of rotatable bonds is 4. The summed E-state index contributed by atoms with van der Waals surface area (Å²) in [4.78, 5) is 2.59. The van der Waals surface area contributed by atoms with Gasteiger partial charge in [-0.05, 0) is 24.9 Å². The summed E-state index contributed by atoms with van der Waals surface area (Å²) in [5, 5.41) is 4.42. The summed E-state index contributed by atoms with van der Waals surface area (Å²) >= 11 is 0. The summed E-state index contributed by atoms with van der Waals surface area (Å²) in [5.41, 5.74) is 1.42. The van der Waals surface area contributed by atoms with Crippen molar-refractivity contribution in [3.63, 3.8) is 0 Å². The minimum Gasteiger partial charge on any atom is -0.296 e. The van der Waals surface area contributed by atoms with E-state index in [2.05, 4.69) is 47.5 Å². The van der Waals surface area contributed by atoms with Crippen LogP contribution in [0.4, 0.5) is 0 Å². The maximum Gasteiger partial charge on any atom is 0.0236 e. The fourth-order valence-corrected chi connectivity index (χ4v) is 2.42. The van der Waals surface area contributed by atoms with Crippen LogP contribution in [0.25, 0.3) is 0 Å². The first-order chi connectivity index (χ1) is 7.90. The van der Waals surface area contributed by atoms with Gasteiger partial charge < -0.3 is 0 Å². The largest absolute Gasteiger partial charge is 0.296 e. The Morgan fingerprint density at radius 3 is 2.50 bits per heavy atom. The lowest BCUT2D eigenvalue weighted by Gasteiger charge is -2.33. The molecule has 16 heavy (non-hydrogen) atoms. The van der Waals surface area contributed by atoms with E-state index in [9.17, 15) is 0 Å². The molecule has 87 valence electrons. The van der Waals surface area contributed by atoms with Crippen molar-refractivity contribution in [1.82, 2.24) is 10.2 Å². The highest BCUT2D eigenvalue weighted by Crippen LogP contribution is 2.15. The van der Waals surface area contributed by atoms with E-state index >= 15 is 0 Å². The maximum atomic E-state index is 4.42. The predicted octanol–water partition coefficient (Wildman–Crippen LogP) is 2.28. The van der Waals surface area contributed by atoms with E-state index in [0.717, 1.165) is 32.2 Å². The van der Waals surface area contributed by atoms with Crippen molar-refractivity contribution in [2.24, 2.45) is 0 Å². The van der Waals surface area contributed by atoms with E-state index in [0.29, 0.717) is 0 Å². The van der Waals surface area contributed by atoms with Crippen LogP contribution in [-0.2, 0) is 6.54 Å². The molecule has 1 aromatic carbocycles. The molecule has 1 aliphatic rings. The summed E-state index contributed by atoms with van der Waals surface area (Å²) < 4.78 is 0. The van der Waals surface area contributed by atoms with Gasteiger partial charge in [0.05, 0.1) is 0 Å². The summed E-state index contributed by atoms with van der Waals surface area (Å²) in [6.45, 7) is 6.59. The maximum absolute atomic E-state index is 4.42. The second kappa shape index (κ2) is 6.02. The summed E-state index contributed by atoms with van der Waals surface area (Å²) in [7, 11) is 0. The SMILES string of the molecule is CCN(Cc1ccccc1)C1CC[N]CC1. The average Bonchev–Trinajstić information content (AvgIpc) is 2.38. The highest BCUT2D eigenvalue weighted by molar-refractivity contribution is 5.14. The van der Waals surface area contributed by atoms with Gasteiger partial charge in [0, 0.05) is 25.7 Å². The van der Waals surface area contributed by atoms with Crippen LogP contribution < -0.4 is 5.32 Å². The molecule has 0 spiro atoms. The topological polar surface area (TPSA) is 17.3 Å². The first-order valence-corrected chi connectivity index (χ1v) is 6.31. The van der Waals surface area contributed by atoms with Crippen molar-refractivity contribution in [2.45, 2.75) is 32.4 Å². The Morgan fingerprint density at radius 1 is 1.19 bits per heavy atom. The lowest BCUT2D eigenvalue weighted by atomic mass is 10.0. The van der Waals surface area contributed by atoms with E-state index in [1.807, 2.05) is 0 Å². The first-order valence-electron chi connectivity index (χ1n) is 6.31. The molecule has 2 rings (SSSR count). The van der Waals surface area contributed by atoms with E-state index < -0.39 is 0 Å². The zero-order valence-electron chi connectivity index (χ0n) is 10.1. The molecule has 1 aliphatic heterocycles. The van der Waals surface area contributed by atoms with E-state index in [1.165, 1.54) is 18.4 Å². The van der Waals surface area contributed by atoms with Crippen LogP contribution >= 0.6 is 0 Å². The number of benzene rings is 1. The third-order valence-corrected chi connectivity index (χ3v) is 3.39. The third kappa shape index (κ3) is 3.06. The van der Waals surface area contributed by atoms with E-state index in [4.69, 9.17) is 0 Å². The smallest absolute Gasteiger partial charge is 0.0236 e. The minimum absolute atomic E-state index is 0.739. The molecule has 0 aliphatic carbocycles. The number of hydrogen-bond donors (Lipinski definition) is 0. The Morgan fingerprint density at radius 2 is 1.88 bits per heavy atom. The standard InChI is InChI=1S/C14H21N2/c1-2-16(14-8-10-15-11-9-14)12-13-6-4-3-5-7-13/h3-7,14H,2,8-12H2,1H3. The van der Waals surface area contributed by atoms with Gasteiger partial charge in [0.25, 0.3) is 0 Å². The second-order valence-electron chi connectivity index (χ2n) is 4.45. The number of nitrogens with zero attached hydrogens (tertiary/aromatic N) is 2. The van der Waals surface area contributed by atoms with E-state index in [1.54, 1.807) is 0 Å². The molecule has 1 radical (unpaired) electrons. The summed E-state index contributed by atoms with van der Waals surface area (Å²) in [6, 6.07) is 11.5. The fraction of sp³-hybridized carbons (Fsp3) is 0.571. The molecule has 0 aromatic heterocycles. The first kappa shape index (κ1) is 11.6. The molecule has 0 unspecified atom stereocenters. The summed E-state index contributed by atoms with van der Waals surface area (Å²) in [5.74, 6) is 0. The van der Waals surface area contributed by atoms with Gasteiger partial charge >= 0.3 is 0 Å². The van der Waals surface area contributed by atoms with Gasteiger partial charge in [-0.3, -0.25) is 4.90 Å². The van der Waals surface area contributed by atoms with Crippen LogP contribution in [0.3, 0.4) is 0 Å². The Bertz CT molecular complexity index is 291. The van der Waals surface area contributed by atoms with Crippen LogP contribution in [0.1, 0.15) is 25.3 Å². The molecule has 1 saturated heterocycles. The Labute approximate surface area is 98.7 Å². The highest BCUT2D eigenvalue weighted by atomic mass is 15.2. The van der Waals surface area contributed by atoms with Gasteiger partial charge in [0.2, 0.25) is 0 Å². The number of piperidine rings is 1. The molecule has 0 amide bonds. The molecule has 0 N–H and O–H groups in total. The van der Waals surface area contributed by atoms with Crippen LogP contribution in [0, 0.1) is 0 Å². The molecular weight excluding hydrogens is 196 g/mol. The minimum atomic E-state index is 0.739. The van der Waals surface area contributed by atoms with Crippen LogP contribution in [0.5, 0.6) is 0 Å². The fourth-order valence-electron chi connectivity index (χ4n) is 2.42. The van der Waals surface area contributed by atoms with E-state index in [-0.39, 0.29) is 0 Å². The van der Waals surface area contributed by atoms with Crippen molar-refractivity contribution in [3.8, 4) is 0 Å². The van der Waals surface area contributed by atoms with Gasteiger partial charge in [-0.25, -0.2) is 5.32 Å². The predicted molar refractivity (Wildman–Crippen MR) is 67.4 cm³/mol. The van der Waals surface area contributed by atoms with Crippen molar-refractivity contribution in [1.29, 1.82) is 0 Å². The van der Waals surface area contributed by atoms with Crippen molar-refractivity contribution in [3.05, 3.63) is 35.9 Å². The lowest BCUT2D eigenvalue weighted by Crippen LogP contribution is -2.40. The zero-order valence-corrected chi connectivity index (χ0v) is 10.1. The van der Waals surface area contributed by atoms with Gasteiger partial charge in [-0.2, -0.15) is 0 Å². The van der Waals surface area contributed by atoms with Gasteiger partial charge in [-0.1, -0.05) is 37.3 Å². The molecule has 0 atom stereocenters. The Balaban J connectivity index is 1.94. The lowest BCUT2D eigenvalue weighted by molar-refractivity contribution is 0.161. The van der Waals surface area contributed by atoms with Gasteiger partial charge in [-0.15, -0.1) is 0 Å². The van der Waals surface area contributed by atoms with Crippen LogP contribution in [0.2, 0.25) is 0 Å². The Kier molecular flexibility index (Phi) is 4.37. The normalized spacial score (nSPS) is 17.9. The average molecular weight is 217 g/mol. The van der Waals surface area contributed by atoms with Crippen molar-refractivity contribution < 1.29 is 0 Å². The zero-order chi connectivity index (χ0) is 11.2. The molecular formula is C14H21N2. The molecule has 2 nitrogen and oxygen atoms in total. The molecule has 1 fully saturated rings. The summed E-state index contributed by atoms with van der Waals surface area (Å²) in [6.07, 6.45) is 2.47. The molecule has 0 saturated carbocycles.